The molecule has 0 aromatic rings. The fourth-order valence-corrected chi connectivity index (χ4v) is 0.670. The first-order valence-corrected chi connectivity index (χ1v) is 3.44. The Hall–Kier alpha value is -0.860. The second kappa shape index (κ2) is 4.97. The Bertz CT molecular complexity index is 141. The molecule has 0 spiro atoms. The zero-order valence-electron chi connectivity index (χ0n) is 6.77. The molecule has 0 aliphatic heterocycles. The maximum atomic E-state index is 10.5. The van der Waals surface area contributed by atoms with Gasteiger partial charge in [0, 0.05) is 20.4 Å². The molecule has 1 amide bonds. The molecule has 1 N–H and O–H groups in total. The third kappa shape index (κ3) is 4.06. The standard InChI is InChI=1S/C7H14N2O/c1-4-5-7(8-3)9-6(2)10/h4-5H2,1-3H3,(H,8,9,10). The Morgan fingerprint density at radius 2 is 2.20 bits per heavy atom. The lowest BCUT2D eigenvalue weighted by molar-refractivity contribution is -0.117. The van der Waals surface area contributed by atoms with Crippen molar-refractivity contribution in [3.63, 3.8) is 0 Å². The minimum atomic E-state index is -0.0472. The van der Waals surface area contributed by atoms with Crippen LogP contribution in [0.5, 0.6) is 0 Å². The van der Waals surface area contributed by atoms with Gasteiger partial charge in [0.1, 0.15) is 5.84 Å². The molecule has 0 rings (SSSR count). The SMILES string of the molecule is CCC/C(=N\C)NC(C)=O. The molecule has 10 heavy (non-hydrogen) atoms. The quantitative estimate of drug-likeness (QED) is 0.452. The van der Waals surface area contributed by atoms with E-state index in [9.17, 15) is 4.79 Å². The Morgan fingerprint density at radius 1 is 1.60 bits per heavy atom. The molecule has 0 fully saturated rings. The monoisotopic (exact) mass is 142 g/mol. The molecular formula is C7H14N2O. The lowest BCUT2D eigenvalue weighted by Crippen LogP contribution is -2.27. The largest absolute Gasteiger partial charge is 0.315 e. The van der Waals surface area contributed by atoms with Crippen LogP contribution in [0.1, 0.15) is 26.7 Å². The van der Waals surface area contributed by atoms with E-state index in [-0.39, 0.29) is 5.91 Å². The Morgan fingerprint density at radius 3 is 2.50 bits per heavy atom. The first-order chi connectivity index (χ1) is 4.70. The summed E-state index contributed by atoms with van der Waals surface area (Å²) in [5.74, 6) is 0.726. The normalized spacial score (nSPS) is 11.3. The highest BCUT2D eigenvalue weighted by atomic mass is 16.1. The topological polar surface area (TPSA) is 41.5 Å². The number of carbonyl (C=O) groups is 1. The third-order valence-corrected chi connectivity index (χ3v) is 1.08. The van der Waals surface area contributed by atoms with Crippen molar-refractivity contribution < 1.29 is 4.79 Å². The van der Waals surface area contributed by atoms with Crippen LogP contribution in [0.2, 0.25) is 0 Å². The van der Waals surface area contributed by atoms with E-state index < -0.39 is 0 Å². The average molecular weight is 142 g/mol. The summed E-state index contributed by atoms with van der Waals surface area (Å²) in [5, 5.41) is 2.64. The first-order valence-electron chi connectivity index (χ1n) is 3.44. The number of hydrogen-bond donors (Lipinski definition) is 1. The predicted octanol–water partition coefficient (Wildman–Crippen LogP) is 0.951. The van der Waals surface area contributed by atoms with Crippen LogP contribution in [0.15, 0.2) is 4.99 Å². The Balaban J connectivity index is 3.73. The molecule has 0 atom stereocenters. The van der Waals surface area contributed by atoms with Crippen molar-refractivity contribution in [3.8, 4) is 0 Å². The summed E-state index contributed by atoms with van der Waals surface area (Å²) in [6, 6.07) is 0. The van der Waals surface area contributed by atoms with E-state index in [1.54, 1.807) is 7.05 Å². The van der Waals surface area contributed by atoms with Crippen LogP contribution in [0.4, 0.5) is 0 Å². The molecule has 58 valence electrons. The molecule has 0 heterocycles. The molecular weight excluding hydrogens is 128 g/mol. The van der Waals surface area contributed by atoms with Crippen molar-refractivity contribution in [3.05, 3.63) is 0 Å². The van der Waals surface area contributed by atoms with Crippen molar-refractivity contribution in [2.45, 2.75) is 26.7 Å². The second-order valence-electron chi connectivity index (χ2n) is 2.10. The van der Waals surface area contributed by atoms with Gasteiger partial charge >= 0.3 is 0 Å². The third-order valence-electron chi connectivity index (χ3n) is 1.08. The molecule has 0 saturated heterocycles. The number of nitrogens with zero attached hydrogens (tertiary/aromatic N) is 1. The van der Waals surface area contributed by atoms with E-state index in [1.807, 2.05) is 6.92 Å². The fourth-order valence-electron chi connectivity index (χ4n) is 0.670. The van der Waals surface area contributed by atoms with Crippen LogP contribution in [-0.4, -0.2) is 18.8 Å². The van der Waals surface area contributed by atoms with Gasteiger partial charge in [-0.3, -0.25) is 9.79 Å². The van der Waals surface area contributed by atoms with Gasteiger partial charge in [-0.25, -0.2) is 0 Å². The van der Waals surface area contributed by atoms with Gasteiger partial charge in [0.25, 0.3) is 0 Å². The summed E-state index contributed by atoms with van der Waals surface area (Å²) >= 11 is 0. The van der Waals surface area contributed by atoms with Gasteiger partial charge in [0.15, 0.2) is 0 Å². The molecule has 0 saturated carbocycles. The van der Waals surface area contributed by atoms with Crippen LogP contribution < -0.4 is 5.32 Å². The van der Waals surface area contributed by atoms with Gasteiger partial charge in [-0.05, 0) is 6.42 Å². The summed E-state index contributed by atoms with van der Waals surface area (Å²) in [7, 11) is 1.68. The van der Waals surface area contributed by atoms with Gasteiger partial charge < -0.3 is 5.32 Å². The Labute approximate surface area is 61.5 Å². The fraction of sp³-hybridized carbons (Fsp3) is 0.714. The number of amides is 1. The molecule has 0 unspecified atom stereocenters. The highest BCUT2D eigenvalue weighted by Gasteiger charge is 1.96. The summed E-state index contributed by atoms with van der Waals surface area (Å²) in [6.45, 7) is 3.54. The van der Waals surface area contributed by atoms with Crippen LogP contribution in [0.25, 0.3) is 0 Å². The van der Waals surface area contributed by atoms with Crippen molar-refractivity contribution in [1.29, 1.82) is 0 Å². The molecule has 0 aromatic heterocycles. The molecule has 0 bridgehead atoms. The van der Waals surface area contributed by atoms with Crippen molar-refractivity contribution in [1.82, 2.24) is 5.32 Å². The zero-order valence-corrected chi connectivity index (χ0v) is 6.77. The molecule has 3 nitrogen and oxygen atoms in total. The number of nitrogens with one attached hydrogen (secondary N) is 1. The van der Waals surface area contributed by atoms with Gasteiger partial charge in [-0.2, -0.15) is 0 Å². The lowest BCUT2D eigenvalue weighted by Gasteiger charge is -2.02. The second-order valence-corrected chi connectivity index (χ2v) is 2.10. The van der Waals surface area contributed by atoms with E-state index in [4.69, 9.17) is 0 Å². The smallest absolute Gasteiger partial charge is 0.222 e. The van der Waals surface area contributed by atoms with Gasteiger partial charge in [-0.1, -0.05) is 6.92 Å². The predicted molar refractivity (Wildman–Crippen MR) is 42.1 cm³/mol. The first kappa shape index (κ1) is 9.14. The van der Waals surface area contributed by atoms with Crippen molar-refractivity contribution in [2.75, 3.05) is 7.05 Å². The maximum absolute atomic E-state index is 10.5. The molecule has 0 radical (unpaired) electrons. The van der Waals surface area contributed by atoms with Crippen LogP contribution >= 0.6 is 0 Å². The van der Waals surface area contributed by atoms with E-state index in [1.165, 1.54) is 6.92 Å². The zero-order chi connectivity index (χ0) is 7.98. The van der Waals surface area contributed by atoms with E-state index in [0.717, 1.165) is 18.7 Å². The molecule has 0 aromatic carbocycles. The number of aliphatic imine (C=N–C) groups is 1. The van der Waals surface area contributed by atoms with Crippen LogP contribution in [0, 0.1) is 0 Å². The summed E-state index contributed by atoms with van der Waals surface area (Å²) in [6.07, 6.45) is 1.85. The van der Waals surface area contributed by atoms with E-state index >= 15 is 0 Å². The van der Waals surface area contributed by atoms with Crippen molar-refractivity contribution in [2.24, 2.45) is 4.99 Å². The molecule has 0 aliphatic rings. The highest BCUT2D eigenvalue weighted by molar-refractivity contribution is 5.97. The number of rotatable bonds is 2. The van der Waals surface area contributed by atoms with Crippen LogP contribution in [-0.2, 0) is 4.79 Å². The minimum absolute atomic E-state index is 0.0472. The molecule has 3 heteroatoms. The van der Waals surface area contributed by atoms with E-state index in [2.05, 4.69) is 10.3 Å². The average Bonchev–Trinajstić information content (AvgIpc) is 1.86. The lowest BCUT2D eigenvalue weighted by atomic mass is 10.3. The highest BCUT2D eigenvalue weighted by Crippen LogP contribution is 1.87. The summed E-state index contributed by atoms with van der Waals surface area (Å²) in [5.41, 5.74) is 0. The summed E-state index contributed by atoms with van der Waals surface area (Å²) in [4.78, 5) is 14.4. The van der Waals surface area contributed by atoms with Gasteiger partial charge in [0.2, 0.25) is 5.91 Å². The van der Waals surface area contributed by atoms with Gasteiger partial charge in [-0.15, -0.1) is 0 Å². The maximum Gasteiger partial charge on any atom is 0.222 e. The van der Waals surface area contributed by atoms with Crippen LogP contribution in [0.3, 0.4) is 0 Å². The Kier molecular flexibility index (Phi) is 4.54. The molecule has 0 aliphatic carbocycles. The van der Waals surface area contributed by atoms with Gasteiger partial charge in [0.05, 0.1) is 0 Å². The van der Waals surface area contributed by atoms with E-state index in [0.29, 0.717) is 0 Å². The number of carbonyl (C=O) groups excluding carboxylic acids is 1. The number of hydrogen-bond acceptors (Lipinski definition) is 2. The number of amidine groups is 1. The summed E-state index contributed by atoms with van der Waals surface area (Å²) < 4.78 is 0. The van der Waals surface area contributed by atoms with Crippen molar-refractivity contribution >= 4 is 11.7 Å². The minimum Gasteiger partial charge on any atom is -0.315 e.